The molecule has 0 radical (unpaired) electrons. The summed E-state index contributed by atoms with van der Waals surface area (Å²) in [4.78, 5) is 23.2. The fourth-order valence-corrected chi connectivity index (χ4v) is 2.22. The van der Waals surface area contributed by atoms with Crippen molar-refractivity contribution in [1.82, 2.24) is 9.99 Å². The zero-order chi connectivity index (χ0) is 15.6. The van der Waals surface area contributed by atoms with Crippen molar-refractivity contribution >= 4 is 22.6 Å². The summed E-state index contributed by atoms with van der Waals surface area (Å²) in [6, 6.07) is 6.20. The number of aromatic hydroxyl groups is 1. The lowest BCUT2D eigenvalue weighted by Gasteiger charge is -2.13. The molecule has 2 aromatic rings. The van der Waals surface area contributed by atoms with Gasteiger partial charge in [-0.25, -0.2) is 10.2 Å². The number of carbonyl (C=O) groups excluding carboxylic acids is 1. The molecular weight excluding hydrogens is 272 g/mol. The first-order valence-corrected chi connectivity index (χ1v) is 6.42. The molecule has 0 aliphatic heterocycles. The largest absolute Gasteiger partial charge is 0.506 e. The summed E-state index contributed by atoms with van der Waals surface area (Å²) < 4.78 is 1.54. The maximum atomic E-state index is 12.5. The number of primary amides is 1. The molecule has 0 spiro atoms. The van der Waals surface area contributed by atoms with Gasteiger partial charge in [0.25, 0.3) is 5.56 Å². The number of urea groups is 1. The van der Waals surface area contributed by atoms with E-state index in [9.17, 15) is 14.7 Å². The van der Waals surface area contributed by atoms with E-state index in [2.05, 4.69) is 10.5 Å². The van der Waals surface area contributed by atoms with Gasteiger partial charge < -0.3 is 15.4 Å². The Morgan fingerprint density at radius 1 is 1.43 bits per heavy atom. The number of para-hydroxylation sites is 1. The molecule has 4 N–H and O–H groups in total. The topological polar surface area (TPSA) is 110 Å². The van der Waals surface area contributed by atoms with Crippen LogP contribution in [-0.4, -0.2) is 21.4 Å². The Bertz CT molecular complexity index is 793. The van der Waals surface area contributed by atoms with E-state index >= 15 is 0 Å². The maximum absolute atomic E-state index is 12.5. The van der Waals surface area contributed by atoms with Crippen LogP contribution in [0.5, 0.6) is 5.75 Å². The number of pyridine rings is 1. The first-order valence-electron chi connectivity index (χ1n) is 6.42. The van der Waals surface area contributed by atoms with Gasteiger partial charge in [0.2, 0.25) is 0 Å². The minimum Gasteiger partial charge on any atom is -0.506 e. The highest BCUT2D eigenvalue weighted by atomic mass is 16.3. The van der Waals surface area contributed by atoms with Crippen LogP contribution >= 0.6 is 0 Å². The average Bonchev–Trinajstić information content (AvgIpc) is 2.46. The van der Waals surface area contributed by atoms with Crippen molar-refractivity contribution < 1.29 is 9.90 Å². The number of rotatable bonds is 3. The monoisotopic (exact) mass is 288 g/mol. The van der Waals surface area contributed by atoms with Crippen molar-refractivity contribution in [3.8, 4) is 5.75 Å². The third-order valence-electron chi connectivity index (χ3n) is 3.16. The summed E-state index contributed by atoms with van der Waals surface area (Å²) in [5, 5.41) is 14.6. The van der Waals surface area contributed by atoms with Gasteiger partial charge in [-0.05, 0) is 26.0 Å². The van der Waals surface area contributed by atoms with Crippen LogP contribution in [0, 0.1) is 0 Å². The third-order valence-corrected chi connectivity index (χ3v) is 3.16. The van der Waals surface area contributed by atoms with Crippen LogP contribution < -0.4 is 16.7 Å². The van der Waals surface area contributed by atoms with Crippen LogP contribution in [0.2, 0.25) is 0 Å². The summed E-state index contributed by atoms with van der Waals surface area (Å²) >= 11 is 0. The lowest BCUT2D eigenvalue weighted by Crippen LogP contribution is -2.29. The molecular formula is C14H16N4O3. The van der Waals surface area contributed by atoms with Gasteiger partial charge in [0, 0.05) is 11.9 Å². The fourth-order valence-electron chi connectivity index (χ4n) is 2.22. The highest BCUT2D eigenvalue weighted by Gasteiger charge is 2.17. The van der Waals surface area contributed by atoms with Crippen LogP contribution in [0.3, 0.4) is 0 Å². The fraction of sp³-hybridized carbons (Fsp3) is 0.214. The van der Waals surface area contributed by atoms with E-state index < -0.39 is 6.03 Å². The number of hydrogen-bond donors (Lipinski definition) is 3. The van der Waals surface area contributed by atoms with Crippen LogP contribution in [0.4, 0.5) is 4.79 Å². The highest BCUT2D eigenvalue weighted by molar-refractivity contribution is 6.05. The van der Waals surface area contributed by atoms with Crippen LogP contribution in [0.25, 0.3) is 10.9 Å². The molecule has 2 amide bonds. The second kappa shape index (κ2) is 5.66. The van der Waals surface area contributed by atoms with Crippen molar-refractivity contribution in [2.75, 3.05) is 0 Å². The summed E-state index contributed by atoms with van der Waals surface area (Å²) in [6.45, 7) is 3.80. The molecule has 0 saturated carbocycles. The molecule has 0 bridgehead atoms. The molecule has 7 heteroatoms. The lowest BCUT2D eigenvalue weighted by molar-refractivity contribution is 0.249. The van der Waals surface area contributed by atoms with Gasteiger partial charge in [-0.15, -0.1) is 0 Å². The summed E-state index contributed by atoms with van der Waals surface area (Å²) in [7, 11) is 0. The minimum atomic E-state index is -0.842. The number of nitrogens with one attached hydrogen (secondary N) is 1. The number of carbonyl (C=O) groups is 1. The molecule has 110 valence electrons. The number of nitrogens with zero attached hydrogens (tertiary/aromatic N) is 2. The molecule has 0 aliphatic carbocycles. The molecule has 0 unspecified atom stereocenters. The molecule has 7 nitrogen and oxygen atoms in total. The van der Waals surface area contributed by atoms with E-state index in [4.69, 9.17) is 5.73 Å². The Morgan fingerprint density at radius 3 is 2.71 bits per heavy atom. The van der Waals surface area contributed by atoms with E-state index in [1.807, 2.05) is 6.92 Å². The van der Waals surface area contributed by atoms with Crippen LogP contribution in [-0.2, 0) is 6.54 Å². The average molecular weight is 288 g/mol. The first-order chi connectivity index (χ1) is 9.97. The Labute approximate surface area is 120 Å². The molecule has 1 aromatic heterocycles. The predicted octanol–water partition coefficient (Wildman–Crippen LogP) is 1.12. The van der Waals surface area contributed by atoms with Crippen molar-refractivity contribution in [2.45, 2.75) is 20.4 Å². The number of aromatic nitrogens is 1. The standard InChI is InChI=1S/C14H16N4O3/c1-3-18-10-7-5-4-6-9(10)12(19)11(13(18)20)8(2)16-17-14(15)21/h4-7,19H,3H2,1-2H3,(H3,15,17,21). The summed E-state index contributed by atoms with van der Waals surface area (Å²) in [6.07, 6.45) is 0. The molecule has 2 rings (SSSR count). The minimum absolute atomic E-state index is 0.0456. The molecule has 0 atom stereocenters. The van der Waals surface area contributed by atoms with Gasteiger partial charge in [0.05, 0.1) is 11.2 Å². The van der Waals surface area contributed by atoms with Gasteiger partial charge in [0.15, 0.2) is 0 Å². The Morgan fingerprint density at radius 2 is 2.10 bits per heavy atom. The van der Waals surface area contributed by atoms with Crippen molar-refractivity contribution in [2.24, 2.45) is 10.8 Å². The maximum Gasteiger partial charge on any atom is 0.332 e. The van der Waals surface area contributed by atoms with E-state index in [0.29, 0.717) is 17.4 Å². The van der Waals surface area contributed by atoms with Crippen molar-refractivity contribution in [3.63, 3.8) is 0 Å². The van der Waals surface area contributed by atoms with E-state index in [1.54, 1.807) is 24.3 Å². The van der Waals surface area contributed by atoms with Crippen molar-refractivity contribution in [3.05, 3.63) is 40.2 Å². The van der Waals surface area contributed by atoms with Gasteiger partial charge in [-0.1, -0.05) is 12.1 Å². The number of aryl methyl sites for hydroxylation is 1. The van der Waals surface area contributed by atoms with E-state index in [0.717, 1.165) is 0 Å². The first kappa shape index (κ1) is 14.6. The Kier molecular flexibility index (Phi) is 3.93. The van der Waals surface area contributed by atoms with Gasteiger partial charge >= 0.3 is 6.03 Å². The summed E-state index contributed by atoms with van der Waals surface area (Å²) in [5.74, 6) is -0.159. The zero-order valence-electron chi connectivity index (χ0n) is 11.8. The Balaban J connectivity index is 2.78. The quantitative estimate of drug-likeness (QED) is 0.581. The zero-order valence-corrected chi connectivity index (χ0v) is 11.8. The predicted molar refractivity (Wildman–Crippen MR) is 80.5 cm³/mol. The summed E-state index contributed by atoms with van der Waals surface area (Å²) in [5.41, 5.74) is 7.49. The SMILES string of the molecule is CCn1c(=O)c(C(C)=NNC(N)=O)c(O)c2ccccc21. The van der Waals surface area contributed by atoms with Gasteiger partial charge in [0.1, 0.15) is 11.3 Å². The normalized spacial score (nSPS) is 11.6. The number of amides is 2. The second-order valence-corrected chi connectivity index (χ2v) is 4.46. The molecule has 0 fully saturated rings. The number of hydrazone groups is 1. The van der Waals surface area contributed by atoms with E-state index in [1.165, 1.54) is 11.5 Å². The van der Waals surface area contributed by atoms with Gasteiger partial charge in [-0.2, -0.15) is 5.10 Å². The van der Waals surface area contributed by atoms with Gasteiger partial charge in [-0.3, -0.25) is 4.79 Å². The van der Waals surface area contributed by atoms with Crippen LogP contribution in [0.15, 0.2) is 34.2 Å². The molecule has 0 aliphatic rings. The van der Waals surface area contributed by atoms with Crippen molar-refractivity contribution in [1.29, 1.82) is 0 Å². The number of hydrogen-bond acceptors (Lipinski definition) is 4. The number of nitrogens with two attached hydrogens (primary N) is 1. The second-order valence-electron chi connectivity index (χ2n) is 4.46. The lowest BCUT2D eigenvalue weighted by atomic mass is 10.1. The Hall–Kier alpha value is -2.83. The molecule has 0 saturated heterocycles. The smallest absolute Gasteiger partial charge is 0.332 e. The highest BCUT2D eigenvalue weighted by Crippen LogP contribution is 2.26. The third kappa shape index (κ3) is 2.58. The molecule has 21 heavy (non-hydrogen) atoms. The van der Waals surface area contributed by atoms with Crippen LogP contribution in [0.1, 0.15) is 19.4 Å². The van der Waals surface area contributed by atoms with E-state index in [-0.39, 0.29) is 22.6 Å². The molecule has 1 heterocycles. The number of fused-ring (bicyclic) bond motifs is 1. The molecule has 1 aromatic carbocycles. The number of benzene rings is 1.